The monoisotopic (exact) mass is 292 g/mol. The van der Waals surface area contributed by atoms with Crippen molar-refractivity contribution < 1.29 is 9.00 Å². The van der Waals surface area contributed by atoms with Crippen LogP contribution in [-0.4, -0.2) is 33.7 Å². The maximum Gasteiger partial charge on any atom is 0.253 e. The quantitative estimate of drug-likeness (QED) is 0.555. The molecule has 0 spiro atoms. The first-order valence-electron chi connectivity index (χ1n) is 6.06. The summed E-state index contributed by atoms with van der Waals surface area (Å²) >= 11 is 0. The third kappa shape index (κ3) is 3.12. The van der Waals surface area contributed by atoms with Crippen LogP contribution in [0.25, 0.3) is 10.8 Å². The summed E-state index contributed by atoms with van der Waals surface area (Å²) in [4.78, 5) is 16.3. The Balaban J connectivity index is 2.30. The first-order valence-corrected chi connectivity index (χ1v) is 7.78. The van der Waals surface area contributed by atoms with E-state index in [1.165, 1.54) is 6.20 Å². The van der Waals surface area contributed by atoms with Crippen LogP contribution in [0.1, 0.15) is 10.4 Å². The molecule has 1 unspecified atom stereocenters. The third-order valence-electron chi connectivity index (χ3n) is 2.85. The highest BCUT2D eigenvalue weighted by Gasteiger charge is 2.12. The van der Waals surface area contributed by atoms with Gasteiger partial charge in [-0.05, 0) is 5.39 Å². The van der Waals surface area contributed by atoms with Crippen LogP contribution in [0.3, 0.4) is 0 Å². The van der Waals surface area contributed by atoms with Gasteiger partial charge >= 0.3 is 0 Å². The van der Waals surface area contributed by atoms with Crippen molar-refractivity contribution in [3.63, 3.8) is 0 Å². The Morgan fingerprint density at radius 3 is 2.70 bits per heavy atom. The normalized spacial score (nSPS) is 12.1. The van der Waals surface area contributed by atoms with Crippen molar-refractivity contribution in [3.05, 3.63) is 36.0 Å². The number of nitrogens with one attached hydrogen (secondary N) is 2. The Morgan fingerprint density at radius 1 is 1.35 bits per heavy atom. The van der Waals surface area contributed by atoms with Gasteiger partial charge in [0, 0.05) is 40.9 Å². The maximum absolute atomic E-state index is 12.1. The van der Waals surface area contributed by atoms with Crippen LogP contribution in [0.5, 0.6) is 0 Å². The second-order valence-electron chi connectivity index (χ2n) is 4.24. The minimum absolute atomic E-state index is 0.234. The van der Waals surface area contributed by atoms with E-state index in [4.69, 9.17) is 5.84 Å². The van der Waals surface area contributed by atoms with Gasteiger partial charge in [-0.2, -0.15) is 0 Å². The lowest BCUT2D eigenvalue weighted by atomic mass is 10.1. The van der Waals surface area contributed by atoms with Gasteiger partial charge in [-0.1, -0.05) is 24.3 Å². The number of anilines is 1. The molecule has 4 N–H and O–H groups in total. The molecule has 7 heteroatoms. The first-order chi connectivity index (χ1) is 9.63. The van der Waals surface area contributed by atoms with Crippen LogP contribution in [0, 0.1) is 0 Å². The topological polar surface area (TPSA) is 97.1 Å². The standard InChI is InChI=1S/C13H16N4O2S/c1-20(19)7-6-15-13(18)11-8-16-12(17-14)10-5-3-2-4-9(10)11/h2-5,8H,6-7,14H2,1H3,(H,15,18)(H,16,17). The number of carbonyl (C=O) groups excluding carboxylic acids is 1. The van der Waals surface area contributed by atoms with E-state index >= 15 is 0 Å². The molecule has 0 aliphatic rings. The highest BCUT2D eigenvalue weighted by Crippen LogP contribution is 2.23. The largest absolute Gasteiger partial charge is 0.351 e. The summed E-state index contributed by atoms with van der Waals surface area (Å²) in [6, 6.07) is 7.38. The van der Waals surface area contributed by atoms with Crippen LogP contribution in [0.15, 0.2) is 30.5 Å². The van der Waals surface area contributed by atoms with Gasteiger partial charge in [-0.15, -0.1) is 0 Å². The number of benzene rings is 1. The van der Waals surface area contributed by atoms with Gasteiger partial charge in [0.2, 0.25) is 0 Å². The molecule has 0 aliphatic carbocycles. The average Bonchev–Trinajstić information content (AvgIpc) is 2.45. The van der Waals surface area contributed by atoms with Crippen molar-refractivity contribution in [2.75, 3.05) is 24.0 Å². The van der Waals surface area contributed by atoms with Crippen molar-refractivity contribution in [1.29, 1.82) is 0 Å². The molecule has 106 valence electrons. The van der Waals surface area contributed by atoms with Gasteiger partial charge in [0.15, 0.2) is 0 Å². The summed E-state index contributed by atoms with van der Waals surface area (Å²) < 4.78 is 11.0. The van der Waals surface area contributed by atoms with Crippen LogP contribution < -0.4 is 16.6 Å². The number of aromatic nitrogens is 1. The van der Waals surface area contributed by atoms with E-state index in [-0.39, 0.29) is 5.91 Å². The summed E-state index contributed by atoms with van der Waals surface area (Å²) in [6.07, 6.45) is 3.08. The van der Waals surface area contributed by atoms with Crippen molar-refractivity contribution in [2.24, 2.45) is 5.84 Å². The number of carbonyl (C=O) groups is 1. The number of nitrogens with zero attached hydrogens (tertiary/aromatic N) is 1. The van der Waals surface area contributed by atoms with E-state index in [0.717, 1.165) is 10.8 Å². The predicted molar refractivity (Wildman–Crippen MR) is 80.8 cm³/mol. The molecular weight excluding hydrogens is 276 g/mol. The predicted octanol–water partition coefficient (Wildman–Crippen LogP) is 0.629. The number of hydrazine groups is 1. The van der Waals surface area contributed by atoms with Crippen molar-refractivity contribution >= 4 is 33.3 Å². The van der Waals surface area contributed by atoms with Crippen LogP contribution in [0.4, 0.5) is 5.82 Å². The van der Waals surface area contributed by atoms with E-state index in [1.807, 2.05) is 24.3 Å². The Bertz CT molecular complexity index is 660. The van der Waals surface area contributed by atoms with Crippen LogP contribution in [-0.2, 0) is 10.8 Å². The van der Waals surface area contributed by atoms with E-state index in [0.29, 0.717) is 23.7 Å². The van der Waals surface area contributed by atoms with Crippen molar-refractivity contribution in [1.82, 2.24) is 10.3 Å². The summed E-state index contributed by atoms with van der Waals surface area (Å²) in [5, 5.41) is 4.28. The molecule has 2 aromatic rings. The van der Waals surface area contributed by atoms with Gasteiger partial charge in [0.05, 0.1) is 5.56 Å². The lowest BCUT2D eigenvalue weighted by Gasteiger charge is -2.10. The van der Waals surface area contributed by atoms with E-state index in [9.17, 15) is 9.00 Å². The maximum atomic E-state index is 12.1. The summed E-state index contributed by atoms with van der Waals surface area (Å²) in [6.45, 7) is 0.368. The fourth-order valence-electron chi connectivity index (χ4n) is 1.89. The lowest BCUT2D eigenvalue weighted by molar-refractivity contribution is 0.0957. The first kappa shape index (κ1) is 14.4. The van der Waals surface area contributed by atoms with Crippen molar-refractivity contribution in [3.8, 4) is 0 Å². The van der Waals surface area contributed by atoms with Crippen LogP contribution in [0.2, 0.25) is 0 Å². The zero-order valence-electron chi connectivity index (χ0n) is 11.1. The number of nitrogen functional groups attached to an aromatic ring is 1. The van der Waals surface area contributed by atoms with E-state index < -0.39 is 10.8 Å². The molecule has 0 bridgehead atoms. The lowest BCUT2D eigenvalue weighted by Crippen LogP contribution is -2.28. The Kier molecular flexibility index (Phi) is 4.65. The van der Waals surface area contributed by atoms with E-state index in [1.54, 1.807) is 6.26 Å². The molecule has 1 amide bonds. The van der Waals surface area contributed by atoms with Gasteiger partial charge in [-0.25, -0.2) is 10.8 Å². The summed E-state index contributed by atoms with van der Waals surface area (Å²) in [5.74, 6) is 6.13. The number of pyridine rings is 1. The summed E-state index contributed by atoms with van der Waals surface area (Å²) in [5.41, 5.74) is 2.98. The van der Waals surface area contributed by atoms with Crippen molar-refractivity contribution in [2.45, 2.75) is 0 Å². The molecule has 0 fully saturated rings. The second kappa shape index (κ2) is 6.44. The summed E-state index contributed by atoms with van der Waals surface area (Å²) in [7, 11) is -0.927. The molecule has 20 heavy (non-hydrogen) atoms. The smallest absolute Gasteiger partial charge is 0.253 e. The number of fused-ring (bicyclic) bond motifs is 1. The molecule has 0 radical (unpaired) electrons. The molecule has 2 rings (SSSR count). The number of rotatable bonds is 5. The minimum Gasteiger partial charge on any atom is -0.351 e. The molecule has 0 aliphatic heterocycles. The molecule has 1 heterocycles. The molecule has 1 atom stereocenters. The van der Waals surface area contributed by atoms with Gasteiger partial charge in [0.1, 0.15) is 5.82 Å². The third-order valence-corrected chi connectivity index (χ3v) is 3.63. The highest BCUT2D eigenvalue weighted by atomic mass is 32.2. The Morgan fingerprint density at radius 2 is 2.05 bits per heavy atom. The number of hydrogen-bond acceptors (Lipinski definition) is 5. The van der Waals surface area contributed by atoms with Gasteiger partial charge in [-0.3, -0.25) is 9.00 Å². The Labute approximate surface area is 119 Å². The Hall–Kier alpha value is -1.99. The zero-order chi connectivity index (χ0) is 14.5. The molecule has 1 aromatic heterocycles. The SMILES string of the molecule is CS(=O)CCNC(=O)c1cnc(NN)c2ccccc12. The van der Waals surface area contributed by atoms with Crippen LogP contribution >= 0.6 is 0 Å². The zero-order valence-corrected chi connectivity index (χ0v) is 11.9. The second-order valence-corrected chi connectivity index (χ2v) is 5.80. The minimum atomic E-state index is -0.927. The molecule has 1 aromatic carbocycles. The van der Waals surface area contributed by atoms with E-state index in [2.05, 4.69) is 15.7 Å². The molecular formula is C13H16N4O2S. The fourth-order valence-corrected chi connectivity index (χ4v) is 2.28. The number of hydrogen-bond donors (Lipinski definition) is 3. The fraction of sp³-hybridized carbons (Fsp3) is 0.231. The van der Waals surface area contributed by atoms with Gasteiger partial charge < -0.3 is 10.7 Å². The van der Waals surface area contributed by atoms with Gasteiger partial charge in [0.25, 0.3) is 5.91 Å². The number of nitrogens with two attached hydrogens (primary N) is 1. The average molecular weight is 292 g/mol. The molecule has 0 saturated carbocycles. The molecule has 6 nitrogen and oxygen atoms in total. The molecule has 0 saturated heterocycles. The highest BCUT2D eigenvalue weighted by molar-refractivity contribution is 7.84. The number of amides is 1.